The van der Waals surface area contributed by atoms with Crippen LogP contribution in [0.4, 0.5) is 0 Å². The molecule has 0 unspecified atom stereocenters. The number of hydrogen-bond donors (Lipinski definition) is 2. The number of hydrazone groups is 1. The normalized spacial score (nSPS) is 10.0. The number of nitrogens with two attached hydrogens (primary N) is 1. The van der Waals surface area contributed by atoms with Crippen LogP contribution >= 0.6 is 0 Å². The molecule has 0 aliphatic rings. The van der Waals surface area contributed by atoms with E-state index in [0.29, 0.717) is 0 Å². The first-order chi connectivity index (χ1) is 6.70. The summed E-state index contributed by atoms with van der Waals surface area (Å²) < 4.78 is 0. The van der Waals surface area contributed by atoms with Crippen LogP contribution in [-0.4, -0.2) is 18.0 Å². The van der Waals surface area contributed by atoms with E-state index in [1.165, 1.54) is 6.21 Å². The molecule has 72 valence electrons. The molecule has 0 radical (unpaired) electrons. The lowest BCUT2D eigenvalue weighted by molar-refractivity contribution is -0.137. The highest BCUT2D eigenvalue weighted by Gasteiger charge is 2.04. The lowest BCUT2D eigenvalue weighted by Gasteiger charge is -1.93. The molecular formula is C9H9N3O2. The average Bonchev–Trinajstić information content (AvgIpc) is 2.19. The monoisotopic (exact) mass is 191 g/mol. The van der Waals surface area contributed by atoms with Gasteiger partial charge in [0.1, 0.15) is 0 Å². The van der Waals surface area contributed by atoms with E-state index in [4.69, 9.17) is 5.73 Å². The zero-order chi connectivity index (χ0) is 10.4. The van der Waals surface area contributed by atoms with E-state index in [1.807, 2.05) is 23.6 Å². The van der Waals surface area contributed by atoms with Crippen molar-refractivity contribution >= 4 is 18.0 Å². The van der Waals surface area contributed by atoms with Crippen LogP contribution in [0.1, 0.15) is 5.56 Å². The number of nitrogens with one attached hydrogen (secondary N) is 1. The fraction of sp³-hybridized carbons (Fsp3) is 0. The number of primary amides is 1. The molecule has 0 spiro atoms. The largest absolute Gasteiger partial charge is 0.361 e. The van der Waals surface area contributed by atoms with Crippen LogP contribution in [0.3, 0.4) is 0 Å². The van der Waals surface area contributed by atoms with Gasteiger partial charge in [-0.3, -0.25) is 9.59 Å². The third-order valence-corrected chi connectivity index (χ3v) is 1.40. The molecule has 3 N–H and O–H groups in total. The Morgan fingerprint density at radius 2 is 1.93 bits per heavy atom. The van der Waals surface area contributed by atoms with Gasteiger partial charge in [0.05, 0.1) is 6.21 Å². The summed E-state index contributed by atoms with van der Waals surface area (Å²) >= 11 is 0. The zero-order valence-corrected chi connectivity index (χ0v) is 7.31. The molecule has 0 bridgehead atoms. The molecule has 2 amide bonds. The molecule has 0 saturated heterocycles. The topological polar surface area (TPSA) is 84.5 Å². The molecule has 0 aromatic heterocycles. The maximum absolute atomic E-state index is 10.6. The molecule has 0 atom stereocenters. The lowest BCUT2D eigenvalue weighted by atomic mass is 10.2. The molecule has 1 aromatic carbocycles. The van der Waals surface area contributed by atoms with Gasteiger partial charge in [-0.25, -0.2) is 5.43 Å². The summed E-state index contributed by atoms with van der Waals surface area (Å²) in [5, 5.41) is 3.54. The Labute approximate surface area is 80.6 Å². The average molecular weight is 191 g/mol. The van der Waals surface area contributed by atoms with Gasteiger partial charge in [-0.2, -0.15) is 5.10 Å². The third kappa shape index (κ3) is 3.06. The van der Waals surface area contributed by atoms with Crippen molar-refractivity contribution in [2.24, 2.45) is 10.8 Å². The fourth-order valence-electron chi connectivity index (χ4n) is 0.760. The van der Waals surface area contributed by atoms with Crippen molar-refractivity contribution in [3.8, 4) is 0 Å². The summed E-state index contributed by atoms with van der Waals surface area (Å²) in [6, 6.07) is 9.13. The van der Waals surface area contributed by atoms with Gasteiger partial charge in [0, 0.05) is 0 Å². The molecule has 0 aliphatic heterocycles. The van der Waals surface area contributed by atoms with Gasteiger partial charge >= 0.3 is 11.8 Å². The number of amides is 2. The van der Waals surface area contributed by atoms with Crippen molar-refractivity contribution in [3.63, 3.8) is 0 Å². The molecular weight excluding hydrogens is 182 g/mol. The van der Waals surface area contributed by atoms with Gasteiger partial charge in [-0.1, -0.05) is 30.3 Å². The molecule has 5 nitrogen and oxygen atoms in total. The number of carbonyl (C=O) groups is 2. The Morgan fingerprint density at radius 1 is 1.29 bits per heavy atom. The molecule has 0 saturated carbocycles. The second-order valence-corrected chi connectivity index (χ2v) is 2.47. The summed E-state index contributed by atoms with van der Waals surface area (Å²) in [4.78, 5) is 20.9. The van der Waals surface area contributed by atoms with E-state index in [1.54, 1.807) is 12.1 Å². The highest BCUT2D eigenvalue weighted by Crippen LogP contribution is 1.92. The molecule has 1 rings (SSSR count). The Kier molecular flexibility index (Phi) is 3.37. The van der Waals surface area contributed by atoms with Gasteiger partial charge in [-0.15, -0.1) is 0 Å². The van der Waals surface area contributed by atoms with Crippen molar-refractivity contribution in [2.45, 2.75) is 0 Å². The predicted octanol–water partition coefficient (Wildman–Crippen LogP) is -0.378. The van der Waals surface area contributed by atoms with Gasteiger partial charge in [-0.05, 0) is 5.56 Å². The highest BCUT2D eigenvalue weighted by molar-refractivity contribution is 6.34. The SMILES string of the molecule is NC(=O)C(=O)N/N=C\c1ccccc1. The van der Waals surface area contributed by atoms with Gasteiger partial charge in [0.15, 0.2) is 0 Å². The number of nitrogens with zero attached hydrogens (tertiary/aromatic N) is 1. The summed E-state index contributed by atoms with van der Waals surface area (Å²) in [5.74, 6) is -1.99. The first kappa shape index (κ1) is 9.91. The first-order valence-electron chi connectivity index (χ1n) is 3.88. The third-order valence-electron chi connectivity index (χ3n) is 1.40. The van der Waals surface area contributed by atoms with E-state index >= 15 is 0 Å². The standard InChI is InChI=1S/C9H9N3O2/c10-8(13)9(14)12-11-6-7-4-2-1-3-5-7/h1-6H,(H2,10,13)(H,12,14)/b11-6-. The van der Waals surface area contributed by atoms with Crippen LogP contribution in [-0.2, 0) is 9.59 Å². The number of rotatable bonds is 2. The van der Waals surface area contributed by atoms with E-state index in [2.05, 4.69) is 5.10 Å². The van der Waals surface area contributed by atoms with Crippen molar-refractivity contribution < 1.29 is 9.59 Å². The Balaban J connectivity index is 2.50. The van der Waals surface area contributed by atoms with Gasteiger partial charge in [0.2, 0.25) is 0 Å². The minimum absolute atomic E-state index is 0.817. The van der Waals surface area contributed by atoms with Gasteiger partial charge in [0.25, 0.3) is 0 Å². The van der Waals surface area contributed by atoms with Crippen molar-refractivity contribution in [2.75, 3.05) is 0 Å². The summed E-state index contributed by atoms with van der Waals surface area (Å²) in [7, 11) is 0. The van der Waals surface area contributed by atoms with Crippen LogP contribution in [0, 0.1) is 0 Å². The van der Waals surface area contributed by atoms with Gasteiger partial charge < -0.3 is 5.73 Å². The van der Waals surface area contributed by atoms with Crippen LogP contribution in [0.2, 0.25) is 0 Å². The summed E-state index contributed by atoms with van der Waals surface area (Å²) in [6.45, 7) is 0. The lowest BCUT2D eigenvalue weighted by Crippen LogP contribution is -2.32. The molecule has 14 heavy (non-hydrogen) atoms. The maximum Gasteiger partial charge on any atom is 0.329 e. The Hall–Kier alpha value is -2.17. The zero-order valence-electron chi connectivity index (χ0n) is 7.31. The Bertz CT molecular complexity index is 360. The van der Waals surface area contributed by atoms with Crippen molar-refractivity contribution in [1.82, 2.24) is 5.43 Å². The van der Waals surface area contributed by atoms with Crippen molar-refractivity contribution in [1.29, 1.82) is 0 Å². The molecule has 0 aliphatic carbocycles. The second-order valence-electron chi connectivity index (χ2n) is 2.47. The van der Waals surface area contributed by atoms with Crippen LogP contribution in [0.15, 0.2) is 35.4 Å². The summed E-state index contributed by atoms with van der Waals surface area (Å²) in [5.41, 5.74) is 7.49. The fourth-order valence-corrected chi connectivity index (χ4v) is 0.760. The van der Waals surface area contributed by atoms with E-state index in [-0.39, 0.29) is 0 Å². The van der Waals surface area contributed by atoms with E-state index in [0.717, 1.165) is 5.56 Å². The first-order valence-corrected chi connectivity index (χ1v) is 3.88. The van der Waals surface area contributed by atoms with E-state index < -0.39 is 11.8 Å². The Morgan fingerprint density at radius 3 is 2.50 bits per heavy atom. The highest BCUT2D eigenvalue weighted by atomic mass is 16.2. The number of hydrogen-bond acceptors (Lipinski definition) is 3. The minimum atomic E-state index is -1.06. The quantitative estimate of drug-likeness (QED) is 0.379. The number of benzene rings is 1. The maximum atomic E-state index is 10.6. The molecule has 5 heteroatoms. The van der Waals surface area contributed by atoms with Crippen molar-refractivity contribution in [3.05, 3.63) is 35.9 Å². The van der Waals surface area contributed by atoms with E-state index in [9.17, 15) is 9.59 Å². The summed E-state index contributed by atoms with van der Waals surface area (Å²) in [6.07, 6.45) is 1.42. The molecule has 0 heterocycles. The second kappa shape index (κ2) is 4.76. The smallest absolute Gasteiger partial charge is 0.329 e. The van der Waals surface area contributed by atoms with Crippen LogP contribution in [0.25, 0.3) is 0 Å². The van der Waals surface area contributed by atoms with Crippen LogP contribution < -0.4 is 11.2 Å². The molecule has 1 aromatic rings. The van der Waals surface area contributed by atoms with Crippen LogP contribution in [0.5, 0.6) is 0 Å². The minimum Gasteiger partial charge on any atom is -0.361 e. The predicted molar refractivity (Wildman–Crippen MR) is 51.4 cm³/mol. The molecule has 0 fully saturated rings. The number of carbonyl (C=O) groups excluding carboxylic acids is 2.